The van der Waals surface area contributed by atoms with E-state index in [1.54, 1.807) is 0 Å². The molecule has 0 bridgehead atoms. The van der Waals surface area contributed by atoms with Gasteiger partial charge in [0.25, 0.3) is 0 Å². The number of hydrogen-bond donors (Lipinski definition) is 1. The van der Waals surface area contributed by atoms with Crippen LogP contribution in [-0.4, -0.2) is 24.5 Å². The van der Waals surface area contributed by atoms with E-state index in [9.17, 15) is 0 Å². The topological polar surface area (TPSA) is 15.3 Å². The lowest BCUT2D eigenvalue weighted by Crippen LogP contribution is -2.41. The molecule has 1 heterocycles. The van der Waals surface area contributed by atoms with Gasteiger partial charge in [0.2, 0.25) is 0 Å². The fraction of sp³-hybridized carbons (Fsp3) is 0.684. The highest BCUT2D eigenvalue weighted by atomic mass is 15.1. The van der Waals surface area contributed by atoms with Crippen LogP contribution in [0.4, 0.5) is 0 Å². The molecule has 116 valence electrons. The van der Waals surface area contributed by atoms with Crippen LogP contribution >= 0.6 is 0 Å². The van der Waals surface area contributed by atoms with Crippen molar-refractivity contribution >= 4 is 0 Å². The van der Waals surface area contributed by atoms with E-state index in [0.717, 1.165) is 31.5 Å². The molecule has 2 nitrogen and oxygen atoms in total. The van der Waals surface area contributed by atoms with E-state index in [2.05, 4.69) is 41.4 Å². The number of hydrogen-bond acceptors (Lipinski definition) is 2. The van der Waals surface area contributed by atoms with Crippen LogP contribution in [0.3, 0.4) is 0 Å². The molecule has 1 aliphatic heterocycles. The molecular formula is C19H30N2. The summed E-state index contributed by atoms with van der Waals surface area (Å²) in [5, 5.41) is 3.42. The maximum absolute atomic E-state index is 3.42. The maximum atomic E-state index is 3.42. The van der Waals surface area contributed by atoms with Gasteiger partial charge < -0.3 is 5.32 Å². The Labute approximate surface area is 129 Å². The van der Waals surface area contributed by atoms with Gasteiger partial charge in [0.15, 0.2) is 0 Å². The van der Waals surface area contributed by atoms with Crippen molar-refractivity contribution in [2.75, 3.05) is 19.6 Å². The number of nitrogens with zero attached hydrogens (tertiary/aromatic N) is 1. The summed E-state index contributed by atoms with van der Waals surface area (Å²) in [5.74, 6) is 2.02. The Balaban J connectivity index is 1.56. The van der Waals surface area contributed by atoms with Crippen LogP contribution < -0.4 is 5.32 Å². The lowest BCUT2D eigenvalue weighted by Gasteiger charge is -2.41. The third-order valence-electron chi connectivity index (χ3n) is 5.35. The van der Waals surface area contributed by atoms with Gasteiger partial charge in [-0.1, -0.05) is 50.5 Å². The van der Waals surface area contributed by atoms with Gasteiger partial charge in [-0.05, 0) is 48.9 Å². The average molecular weight is 286 g/mol. The summed E-state index contributed by atoms with van der Waals surface area (Å²) in [6.45, 7) is 7.98. The number of piperidine rings is 1. The van der Waals surface area contributed by atoms with Crippen LogP contribution in [0.2, 0.25) is 0 Å². The van der Waals surface area contributed by atoms with Crippen molar-refractivity contribution in [2.45, 2.75) is 52.1 Å². The minimum absolute atomic E-state index is 0.984. The van der Waals surface area contributed by atoms with Gasteiger partial charge in [0.05, 0.1) is 0 Å². The standard InChI is InChI=1S/C19H30N2/c1-2-20-13-16-6-5-7-17(12-16)14-21-11-10-18-8-3-4-9-19(18)15-21/h5-7,12,18-20H,2-4,8-11,13-15H2,1H3. The normalized spacial score (nSPS) is 26.5. The Morgan fingerprint density at radius 1 is 1.10 bits per heavy atom. The fourth-order valence-corrected chi connectivity index (χ4v) is 4.19. The lowest BCUT2D eigenvalue weighted by molar-refractivity contribution is 0.0820. The van der Waals surface area contributed by atoms with Crippen molar-refractivity contribution in [1.82, 2.24) is 10.2 Å². The zero-order valence-electron chi connectivity index (χ0n) is 13.5. The molecule has 2 heteroatoms. The summed E-state index contributed by atoms with van der Waals surface area (Å²) in [5.41, 5.74) is 2.90. The molecule has 21 heavy (non-hydrogen) atoms. The van der Waals surface area contributed by atoms with Gasteiger partial charge in [-0.15, -0.1) is 0 Å². The van der Waals surface area contributed by atoms with Crippen molar-refractivity contribution in [3.8, 4) is 0 Å². The van der Waals surface area contributed by atoms with Gasteiger partial charge in [-0.3, -0.25) is 4.90 Å². The van der Waals surface area contributed by atoms with Crippen LogP contribution in [0.25, 0.3) is 0 Å². The van der Waals surface area contributed by atoms with Crippen LogP contribution in [0.15, 0.2) is 24.3 Å². The van der Waals surface area contributed by atoms with Crippen LogP contribution in [0.5, 0.6) is 0 Å². The summed E-state index contributed by atoms with van der Waals surface area (Å²) in [4.78, 5) is 2.69. The number of fused-ring (bicyclic) bond motifs is 1. The van der Waals surface area contributed by atoms with E-state index in [1.165, 1.54) is 56.3 Å². The van der Waals surface area contributed by atoms with E-state index >= 15 is 0 Å². The molecular weight excluding hydrogens is 256 g/mol. The van der Waals surface area contributed by atoms with Gasteiger partial charge >= 0.3 is 0 Å². The van der Waals surface area contributed by atoms with E-state index in [0.29, 0.717) is 0 Å². The summed E-state index contributed by atoms with van der Waals surface area (Å²) < 4.78 is 0. The Bertz CT molecular complexity index is 443. The second kappa shape index (κ2) is 7.42. The first-order valence-corrected chi connectivity index (χ1v) is 8.86. The predicted octanol–water partition coefficient (Wildman–Crippen LogP) is 3.81. The average Bonchev–Trinajstić information content (AvgIpc) is 2.53. The second-order valence-electron chi connectivity index (χ2n) is 6.93. The summed E-state index contributed by atoms with van der Waals surface area (Å²) in [6.07, 6.45) is 7.35. The number of benzene rings is 1. The molecule has 2 atom stereocenters. The molecule has 3 rings (SSSR count). The molecule has 2 fully saturated rings. The van der Waals surface area contributed by atoms with Crippen LogP contribution in [0.1, 0.15) is 50.2 Å². The maximum Gasteiger partial charge on any atom is 0.0233 e. The molecule has 0 radical (unpaired) electrons. The molecule has 1 aromatic carbocycles. The van der Waals surface area contributed by atoms with Crippen molar-refractivity contribution in [2.24, 2.45) is 11.8 Å². The van der Waals surface area contributed by atoms with E-state index in [-0.39, 0.29) is 0 Å². The van der Waals surface area contributed by atoms with Crippen molar-refractivity contribution in [3.63, 3.8) is 0 Å². The quantitative estimate of drug-likeness (QED) is 0.885. The third-order valence-corrected chi connectivity index (χ3v) is 5.35. The number of likely N-dealkylation sites (tertiary alicyclic amines) is 1. The highest BCUT2D eigenvalue weighted by Gasteiger charge is 2.30. The Morgan fingerprint density at radius 2 is 1.90 bits per heavy atom. The number of nitrogens with one attached hydrogen (secondary N) is 1. The van der Waals surface area contributed by atoms with E-state index in [4.69, 9.17) is 0 Å². The van der Waals surface area contributed by atoms with Crippen molar-refractivity contribution < 1.29 is 0 Å². The van der Waals surface area contributed by atoms with Gasteiger partial charge in [0.1, 0.15) is 0 Å². The highest BCUT2D eigenvalue weighted by molar-refractivity contribution is 5.23. The molecule has 2 aliphatic rings. The minimum Gasteiger partial charge on any atom is -0.313 e. The first-order chi connectivity index (χ1) is 10.3. The van der Waals surface area contributed by atoms with Crippen LogP contribution in [-0.2, 0) is 13.1 Å². The minimum atomic E-state index is 0.984. The monoisotopic (exact) mass is 286 g/mol. The number of rotatable bonds is 5. The van der Waals surface area contributed by atoms with Crippen LogP contribution in [0, 0.1) is 11.8 Å². The zero-order valence-corrected chi connectivity index (χ0v) is 13.5. The molecule has 1 aromatic rings. The third kappa shape index (κ3) is 4.08. The molecule has 0 amide bonds. The molecule has 2 unspecified atom stereocenters. The molecule has 1 N–H and O–H groups in total. The molecule has 1 saturated heterocycles. The molecule has 1 saturated carbocycles. The van der Waals surface area contributed by atoms with Gasteiger partial charge in [-0.2, -0.15) is 0 Å². The largest absolute Gasteiger partial charge is 0.313 e. The summed E-state index contributed by atoms with van der Waals surface area (Å²) in [7, 11) is 0. The molecule has 0 aromatic heterocycles. The second-order valence-corrected chi connectivity index (χ2v) is 6.93. The van der Waals surface area contributed by atoms with Gasteiger partial charge in [0, 0.05) is 19.6 Å². The molecule has 1 aliphatic carbocycles. The van der Waals surface area contributed by atoms with E-state index < -0.39 is 0 Å². The first kappa shape index (κ1) is 15.1. The lowest BCUT2D eigenvalue weighted by atomic mass is 9.75. The molecule has 0 spiro atoms. The first-order valence-electron chi connectivity index (χ1n) is 8.86. The Hall–Kier alpha value is -0.860. The Kier molecular flexibility index (Phi) is 5.32. The summed E-state index contributed by atoms with van der Waals surface area (Å²) >= 11 is 0. The van der Waals surface area contributed by atoms with E-state index in [1.807, 2.05) is 0 Å². The van der Waals surface area contributed by atoms with Crippen molar-refractivity contribution in [3.05, 3.63) is 35.4 Å². The smallest absolute Gasteiger partial charge is 0.0233 e. The SMILES string of the molecule is CCNCc1cccc(CN2CCC3CCCCC3C2)c1. The highest BCUT2D eigenvalue weighted by Crippen LogP contribution is 2.36. The summed E-state index contributed by atoms with van der Waals surface area (Å²) in [6, 6.07) is 9.13. The fourth-order valence-electron chi connectivity index (χ4n) is 4.19. The van der Waals surface area contributed by atoms with Crippen molar-refractivity contribution in [1.29, 1.82) is 0 Å². The Morgan fingerprint density at radius 3 is 2.76 bits per heavy atom. The predicted molar refractivity (Wildman–Crippen MR) is 89.2 cm³/mol. The van der Waals surface area contributed by atoms with Gasteiger partial charge in [-0.25, -0.2) is 0 Å². The zero-order chi connectivity index (χ0) is 14.5.